The number of hydrogen-bond donors (Lipinski definition) is 3. The Morgan fingerprint density at radius 2 is 1.84 bits per heavy atom. The Morgan fingerprint density at radius 3 is 2.45 bits per heavy atom. The minimum atomic E-state index is -1.53. The minimum absolute atomic E-state index is 0.0234. The normalized spacial score (nSPS) is 22.9. The van der Waals surface area contributed by atoms with E-state index in [9.17, 15) is 29.1 Å². The van der Waals surface area contributed by atoms with Gasteiger partial charge in [0, 0.05) is 41.2 Å². The van der Waals surface area contributed by atoms with Crippen LogP contribution in [-0.2, 0) is 19.1 Å². The summed E-state index contributed by atoms with van der Waals surface area (Å²) in [5, 5.41) is 18.4. The fourth-order valence-electron chi connectivity index (χ4n) is 7.50. The van der Waals surface area contributed by atoms with E-state index in [1.807, 2.05) is 33.8 Å². The Labute approximate surface area is 324 Å². The number of nitrogens with one attached hydrogen (secondary N) is 2. The first-order valence-corrected chi connectivity index (χ1v) is 19.6. The van der Waals surface area contributed by atoms with E-state index in [1.165, 1.54) is 22.3 Å². The number of thiazole rings is 1. The zero-order valence-corrected chi connectivity index (χ0v) is 32.9. The highest BCUT2D eigenvalue weighted by Crippen LogP contribution is 2.45. The lowest BCUT2D eigenvalue weighted by atomic mass is 9.85. The van der Waals surface area contributed by atoms with Crippen molar-refractivity contribution >= 4 is 51.9 Å². The van der Waals surface area contributed by atoms with Crippen molar-refractivity contribution in [1.29, 1.82) is 0 Å². The van der Waals surface area contributed by atoms with E-state index < -0.39 is 58.9 Å². The molecule has 2 saturated carbocycles. The van der Waals surface area contributed by atoms with E-state index in [0.717, 1.165) is 31.2 Å². The fraction of sp³-hybridized carbons (Fsp3) is 0.525. The second-order valence-corrected chi connectivity index (χ2v) is 16.5. The van der Waals surface area contributed by atoms with Crippen LogP contribution in [0.4, 0.5) is 4.79 Å². The molecule has 0 spiro atoms. The summed E-state index contributed by atoms with van der Waals surface area (Å²) in [7, 11) is 1.56. The van der Waals surface area contributed by atoms with E-state index in [4.69, 9.17) is 19.2 Å². The zero-order valence-electron chi connectivity index (χ0n) is 32.1. The number of Topliss-reactive ketones (excluding diaryl/α,β-unsaturated/α-hetero) is 1. The van der Waals surface area contributed by atoms with Crippen LogP contribution in [0.1, 0.15) is 88.0 Å². The molecule has 3 aromatic rings. The van der Waals surface area contributed by atoms with Crippen LogP contribution >= 0.6 is 11.3 Å². The van der Waals surface area contributed by atoms with Crippen molar-refractivity contribution in [1.82, 2.24) is 25.5 Å². The molecule has 55 heavy (non-hydrogen) atoms. The molecular weight excluding hydrogens is 727 g/mol. The number of carboxylic acid groups (broad SMARTS) is 1. The molecule has 14 nitrogen and oxygen atoms in total. The lowest BCUT2D eigenvalue weighted by molar-refractivity contribution is -0.146. The van der Waals surface area contributed by atoms with Gasteiger partial charge in [-0.25, -0.2) is 19.6 Å². The number of ether oxygens (including phenoxy) is 3. The second-order valence-electron chi connectivity index (χ2n) is 15.7. The molecule has 0 unspecified atom stereocenters. The van der Waals surface area contributed by atoms with Gasteiger partial charge in [-0.3, -0.25) is 14.4 Å². The minimum Gasteiger partial charge on any atom is -0.496 e. The van der Waals surface area contributed by atoms with Gasteiger partial charge in [-0.1, -0.05) is 33.8 Å². The van der Waals surface area contributed by atoms with Gasteiger partial charge < -0.3 is 34.9 Å². The molecule has 1 aromatic carbocycles. The van der Waals surface area contributed by atoms with Gasteiger partial charge in [-0.05, 0) is 56.6 Å². The van der Waals surface area contributed by atoms with Crippen molar-refractivity contribution in [2.24, 2.45) is 11.3 Å². The molecule has 0 radical (unpaired) electrons. The molecule has 294 valence electrons. The van der Waals surface area contributed by atoms with Gasteiger partial charge in [0.15, 0.2) is 10.8 Å². The van der Waals surface area contributed by atoms with Crippen LogP contribution in [0.5, 0.6) is 11.5 Å². The first-order chi connectivity index (χ1) is 26.1. The maximum absolute atomic E-state index is 14.6. The van der Waals surface area contributed by atoms with E-state index in [-0.39, 0.29) is 31.3 Å². The van der Waals surface area contributed by atoms with Crippen molar-refractivity contribution < 1.29 is 43.3 Å². The van der Waals surface area contributed by atoms with Gasteiger partial charge in [0.05, 0.1) is 24.9 Å². The first-order valence-electron chi connectivity index (χ1n) is 18.7. The standard InChI is InChI=1S/C40H49N5O9S/c1-8-22-18-40(22,37(49)50)44-34(47)28-16-24(19-45(28)36(48)33(39(4,5)6)43-38(51)54-23-12-10-11-13-23)53-31-17-26(27-20-55-35(42-27)29(46)9-2)41-32-21(3)30(52-7)15-14-25(31)32/h8,14-15,17,20,22-24,28,33H,1,9-13,16,18-19H2,2-7H3,(H,43,51)(H,44,47)(H,49,50)/t22-,24-,28+,33-,40-/m1/s1. The van der Waals surface area contributed by atoms with Gasteiger partial charge in [0.25, 0.3) is 0 Å². The molecule has 1 saturated heterocycles. The maximum atomic E-state index is 14.6. The number of aromatic nitrogens is 2. The predicted molar refractivity (Wildman–Crippen MR) is 205 cm³/mol. The lowest BCUT2D eigenvalue weighted by Gasteiger charge is -2.35. The third kappa shape index (κ3) is 8.03. The summed E-state index contributed by atoms with van der Waals surface area (Å²) < 4.78 is 17.9. The Morgan fingerprint density at radius 1 is 1.11 bits per heavy atom. The van der Waals surface area contributed by atoms with Crippen LogP contribution in [0.15, 0.2) is 36.2 Å². The highest BCUT2D eigenvalue weighted by Gasteiger charge is 2.61. The summed E-state index contributed by atoms with van der Waals surface area (Å²) in [4.78, 5) is 77.5. The molecule has 3 heterocycles. The zero-order chi connectivity index (χ0) is 39.8. The number of amides is 3. The number of aliphatic carboxylic acids is 1. The molecule has 5 atom stereocenters. The first kappa shape index (κ1) is 39.6. The smallest absolute Gasteiger partial charge is 0.408 e. The largest absolute Gasteiger partial charge is 0.496 e. The number of carboxylic acids is 1. The van der Waals surface area contributed by atoms with Crippen LogP contribution in [0.25, 0.3) is 22.3 Å². The monoisotopic (exact) mass is 775 g/mol. The molecule has 6 rings (SSSR count). The van der Waals surface area contributed by atoms with Gasteiger partial charge in [-0.2, -0.15) is 0 Å². The average Bonchev–Trinajstić information content (AvgIpc) is 3.59. The summed E-state index contributed by atoms with van der Waals surface area (Å²) in [6, 6.07) is 3.12. The highest BCUT2D eigenvalue weighted by molar-refractivity contribution is 7.12. The maximum Gasteiger partial charge on any atom is 0.408 e. The molecule has 2 aliphatic carbocycles. The summed E-state index contributed by atoms with van der Waals surface area (Å²) in [5.74, 6) is -1.91. The number of fused-ring (bicyclic) bond motifs is 1. The number of aryl methyl sites for hydroxylation is 1. The topological polar surface area (TPSA) is 186 Å². The number of nitrogens with zero attached hydrogens (tertiary/aromatic N) is 3. The number of carbonyl (C=O) groups is 5. The molecule has 3 fully saturated rings. The molecule has 3 N–H and O–H groups in total. The summed E-state index contributed by atoms with van der Waals surface area (Å²) >= 11 is 1.23. The van der Waals surface area contributed by atoms with Gasteiger partial charge in [0.2, 0.25) is 11.8 Å². The summed E-state index contributed by atoms with van der Waals surface area (Å²) in [5.41, 5.74) is -0.0605. The van der Waals surface area contributed by atoms with Crippen molar-refractivity contribution in [2.75, 3.05) is 13.7 Å². The number of pyridine rings is 1. The molecule has 15 heteroatoms. The number of ketones is 1. The number of alkyl carbamates (subject to hydrolysis) is 1. The average molecular weight is 776 g/mol. The van der Waals surface area contributed by atoms with Crippen LogP contribution < -0.4 is 20.1 Å². The Balaban J connectivity index is 1.35. The van der Waals surface area contributed by atoms with Crippen molar-refractivity contribution in [3.63, 3.8) is 0 Å². The van der Waals surface area contributed by atoms with Crippen molar-refractivity contribution in [3.05, 3.63) is 46.8 Å². The predicted octanol–water partition coefficient (Wildman–Crippen LogP) is 5.85. The van der Waals surface area contributed by atoms with Crippen molar-refractivity contribution in [2.45, 2.75) is 109 Å². The third-order valence-corrected chi connectivity index (χ3v) is 11.7. The number of likely N-dealkylation sites (tertiary alicyclic amines) is 1. The van der Waals surface area contributed by atoms with Crippen LogP contribution in [0.2, 0.25) is 0 Å². The molecule has 2 aromatic heterocycles. The SMILES string of the molecule is C=C[C@@H]1C[C@]1(NC(=O)[C@@H]1C[C@@H](Oc2cc(-c3csc(C(=O)CC)n3)nc3c(C)c(OC)ccc23)CN1C(=O)[C@@H](NC(=O)OC1CCCC1)C(C)(C)C)C(=O)O. The lowest BCUT2D eigenvalue weighted by Crippen LogP contribution is -2.59. The Kier molecular flexibility index (Phi) is 11.2. The van der Waals surface area contributed by atoms with Gasteiger partial charge in [0.1, 0.15) is 47.0 Å². The molecule has 1 aliphatic heterocycles. The fourth-order valence-corrected chi connectivity index (χ4v) is 8.32. The summed E-state index contributed by atoms with van der Waals surface area (Å²) in [6.07, 6.45) is 3.75. The quantitative estimate of drug-likeness (QED) is 0.140. The Hall–Kier alpha value is -5.05. The van der Waals surface area contributed by atoms with Crippen LogP contribution in [-0.4, -0.2) is 93.1 Å². The number of carbonyl (C=O) groups excluding carboxylic acids is 4. The highest BCUT2D eigenvalue weighted by atomic mass is 32.1. The van der Waals surface area contributed by atoms with E-state index in [2.05, 4.69) is 22.2 Å². The van der Waals surface area contributed by atoms with Crippen molar-refractivity contribution in [3.8, 4) is 22.9 Å². The molecule has 3 aliphatic rings. The molecule has 0 bridgehead atoms. The number of benzene rings is 1. The van der Waals surface area contributed by atoms with Crippen LogP contribution in [0.3, 0.4) is 0 Å². The van der Waals surface area contributed by atoms with Gasteiger partial charge in [-0.15, -0.1) is 17.9 Å². The van der Waals surface area contributed by atoms with E-state index in [0.29, 0.717) is 45.2 Å². The number of methoxy groups -OCH3 is 1. The Bertz CT molecular complexity index is 2020. The van der Waals surface area contributed by atoms with Gasteiger partial charge >= 0.3 is 12.1 Å². The molecule has 3 amide bonds. The number of hydrogen-bond acceptors (Lipinski definition) is 11. The van der Waals surface area contributed by atoms with Crippen LogP contribution in [0, 0.1) is 18.3 Å². The van der Waals surface area contributed by atoms with E-state index in [1.54, 1.807) is 31.5 Å². The third-order valence-electron chi connectivity index (χ3n) is 10.8. The number of rotatable bonds is 13. The van der Waals surface area contributed by atoms with E-state index >= 15 is 0 Å². The molecular formula is C40H49N5O9S. The summed E-state index contributed by atoms with van der Waals surface area (Å²) in [6.45, 7) is 12.7. The second kappa shape index (κ2) is 15.6.